The number of ether oxygens (including phenoxy) is 1. The highest BCUT2D eigenvalue weighted by atomic mass is 16.5. The van der Waals surface area contributed by atoms with Gasteiger partial charge in [0.2, 0.25) is 0 Å². The van der Waals surface area contributed by atoms with Gasteiger partial charge in [0.25, 0.3) is 0 Å². The molecule has 2 saturated carbocycles. The summed E-state index contributed by atoms with van der Waals surface area (Å²) in [5.41, 5.74) is 0. The Morgan fingerprint density at radius 2 is 1.81 bits per heavy atom. The van der Waals surface area contributed by atoms with Crippen LogP contribution < -0.4 is 0 Å². The average molecular weight is 226 g/mol. The maximum Gasteiger partial charge on any atom is 0.308 e. The summed E-state index contributed by atoms with van der Waals surface area (Å²) in [6, 6.07) is 0. The Balaban J connectivity index is 2.01. The largest absolute Gasteiger partial charge is 0.481 e. The van der Waals surface area contributed by atoms with Crippen LogP contribution >= 0.6 is 0 Å². The fourth-order valence-electron chi connectivity index (χ4n) is 3.55. The molecular formula is C12H18O4. The molecule has 2 bridgehead atoms. The molecule has 2 unspecified atom stereocenters. The van der Waals surface area contributed by atoms with Crippen LogP contribution in [0.25, 0.3) is 0 Å². The Morgan fingerprint density at radius 3 is 2.25 bits per heavy atom. The summed E-state index contributed by atoms with van der Waals surface area (Å²) in [6.45, 7) is 0. The number of carbonyl (C=O) groups is 2. The van der Waals surface area contributed by atoms with Gasteiger partial charge in [0.1, 0.15) is 0 Å². The first-order valence-corrected chi connectivity index (χ1v) is 5.91. The van der Waals surface area contributed by atoms with E-state index < -0.39 is 5.97 Å². The van der Waals surface area contributed by atoms with Crippen LogP contribution in [0.1, 0.15) is 32.1 Å². The molecule has 2 fully saturated rings. The molecular weight excluding hydrogens is 208 g/mol. The zero-order valence-corrected chi connectivity index (χ0v) is 9.52. The highest BCUT2D eigenvalue weighted by Gasteiger charge is 2.45. The molecule has 90 valence electrons. The van der Waals surface area contributed by atoms with Crippen molar-refractivity contribution in [2.75, 3.05) is 7.11 Å². The first kappa shape index (κ1) is 11.4. The van der Waals surface area contributed by atoms with Crippen LogP contribution in [0.5, 0.6) is 0 Å². The average Bonchev–Trinajstić information content (AvgIpc) is 2.51. The Bertz CT molecular complexity index is 285. The van der Waals surface area contributed by atoms with E-state index in [9.17, 15) is 9.59 Å². The van der Waals surface area contributed by atoms with Crippen LogP contribution in [-0.2, 0) is 14.3 Å². The van der Waals surface area contributed by atoms with Gasteiger partial charge >= 0.3 is 11.9 Å². The molecule has 0 aromatic carbocycles. The van der Waals surface area contributed by atoms with Crippen LogP contribution in [0.3, 0.4) is 0 Å². The lowest BCUT2D eigenvalue weighted by Crippen LogP contribution is -2.32. The Labute approximate surface area is 95.0 Å². The highest BCUT2D eigenvalue weighted by molar-refractivity contribution is 5.72. The number of methoxy groups -OCH3 is 1. The first-order chi connectivity index (χ1) is 7.61. The third kappa shape index (κ3) is 2.06. The van der Waals surface area contributed by atoms with Gasteiger partial charge in [0, 0.05) is 6.42 Å². The molecule has 1 N–H and O–H groups in total. The maximum atomic E-state index is 11.5. The molecule has 0 heterocycles. The minimum Gasteiger partial charge on any atom is -0.481 e. The van der Waals surface area contributed by atoms with Gasteiger partial charge < -0.3 is 9.84 Å². The normalized spacial score (nSPS) is 37.1. The van der Waals surface area contributed by atoms with Gasteiger partial charge in [0.05, 0.1) is 13.0 Å². The summed E-state index contributed by atoms with van der Waals surface area (Å²) in [4.78, 5) is 22.2. The predicted molar refractivity (Wildman–Crippen MR) is 56.7 cm³/mol. The van der Waals surface area contributed by atoms with Crippen LogP contribution in [0.15, 0.2) is 0 Å². The number of esters is 1. The Morgan fingerprint density at radius 1 is 1.25 bits per heavy atom. The van der Waals surface area contributed by atoms with Crippen LogP contribution in [0.4, 0.5) is 0 Å². The molecule has 0 aromatic rings. The van der Waals surface area contributed by atoms with Crippen molar-refractivity contribution in [2.24, 2.45) is 23.7 Å². The van der Waals surface area contributed by atoms with Crippen molar-refractivity contribution in [3.05, 3.63) is 0 Å². The fourth-order valence-corrected chi connectivity index (χ4v) is 3.55. The molecule has 16 heavy (non-hydrogen) atoms. The summed E-state index contributed by atoms with van der Waals surface area (Å²) in [5, 5.41) is 8.86. The van der Waals surface area contributed by atoms with Crippen molar-refractivity contribution in [1.82, 2.24) is 0 Å². The van der Waals surface area contributed by atoms with Gasteiger partial charge in [-0.25, -0.2) is 0 Å². The second-order valence-corrected chi connectivity index (χ2v) is 5.05. The SMILES string of the molecule is COC(=O)C1CC2CCC(C1)C2CC(=O)O. The van der Waals surface area contributed by atoms with E-state index >= 15 is 0 Å². The van der Waals surface area contributed by atoms with Crippen molar-refractivity contribution in [2.45, 2.75) is 32.1 Å². The second kappa shape index (κ2) is 4.44. The molecule has 0 amide bonds. The molecule has 0 radical (unpaired) electrons. The monoisotopic (exact) mass is 226 g/mol. The molecule has 2 aliphatic rings. The van der Waals surface area contributed by atoms with E-state index in [1.807, 2.05) is 0 Å². The Kier molecular flexibility index (Phi) is 3.17. The summed E-state index contributed by atoms with van der Waals surface area (Å²) < 4.78 is 4.78. The summed E-state index contributed by atoms with van der Waals surface area (Å²) in [7, 11) is 1.42. The van der Waals surface area contributed by atoms with Crippen LogP contribution in [0.2, 0.25) is 0 Å². The van der Waals surface area contributed by atoms with Gasteiger partial charge in [-0.3, -0.25) is 9.59 Å². The van der Waals surface area contributed by atoms with Gasteiger partial charge in [-0.15, -0.1) is 0 Å². The van der Waals surface area contributed by atoms with E-state index in [1.165, 1.54) is 7.11 Å². The zero-order valence-electron chi connectivity index (χ0n) is 9.52. The third-order valence-corrected chi connectivity index (χ3v) is 4.24. The van der Waals surface area contributed by atoms with E-state index in [1.54, 1.807) is 0 Å². The number of aliphatic carboxylic acids is 1. The zero-order chi connectivity index (χ0) is 11.7. The van der Waals surface area contributed by atoms with Gasteiger partial charge in [-0.05, 0) is 43.4 Å². The lowest BCUT2D eigenvalue weighted by Gasteiger charge is -2.33. The molecule has 4 nitrogen and oxygen atoms in total. The standard InChI is InChI=1S/C12H18O4/c1-16-12(15)9-4-7-2-3-8(5-9)10(7)6-11(13)14/h7-10H,2-6H2,1H3,(H,13,14). The molecule has 0 aliphatic heterocycles. The summed E-state index contributed by atoms with van der Waals surface area (Å²) in [5.74, 6) is 0.299. The fraction of sp³-hybridized carbons (Fsp3) is 0.833. The quantitative estimate of drug-likeness (QED) is 0.744. The van der Waals surface area contributed by atoms with Crippen LogP contribution in [0, 0.1) is 23.7 Å². The van der Waals surface area contributed by atoms with E-state index in [0.717, 1.165) is 25.7 Å². The summed E-state index contributed by atoms with van der Waals surface area (Å²) in [6.07, 6.45) is 4.07. The number of carboxylic acid groups (broad SMARTS) is 1. The lowest BCUT2D eigenvalue weighted by molar-refractivity contribution is -0.148. The van der Waals surface area contributed by atoms with E-state index in [2.05, 4.69) is 0 Å². The van der Waals surface area contributed by atoms with Gasteiger partial charge in [0.15, 0.2) is 0 Å². The van der Waals surface area contributed by atoms with Crippen molar-refractivity contribution in [3.63, 3.8) is 0 Å². The van der Waals surface area contributed by atoms with Crippen LogP contribution in [-0.4, -0.2) is 24.2 Å². The van der Waals surface area contributed by atoms with Gasteiger partial charge in [-0.1, -0.05) is 0 Å². The van der Waals surface area contributed by atoms with E-state index in [4.69, 9.17) is 9.84 Å². The van der Waals surface area contributed by atoms with Gasteiger partial charge in [-0.2, -0.15) is 0 Å². The van der Waals surface area contributed by atoms with Crippen molar-refractivity contribution < 1.29 is 19.4 Å². The molecule has 2 atom stereocenters. The van der Waals surface area contributed by atoms with E-state index in [-0.39, 0.29) is 18.3 Å². The molecule has 0 aromatic heterocycles. The Hall–Kier alpha value is -1.06. The van der Waals surface area contributed by atoms with Crippen molar-refractivity contribution >= 4 is 11.9 Å². The number of carbonyl (C=O) groups excluding carboxylic acids is 1. The number of hydrogen-bond acceptors (Lipinski definition) is 3. The number of rotatable bonds is 3. The van der Waals surface area contributed by atoms with E-state index in [0.29, 0.717) is 17.8 Å². The molecule has 4 heteroatoms. The minimum absolute atomic E-state index is 0.00699. The third-order valence-electron chi connectivity index (χ3n) is 4.24. The number of fused-ring (bicyclic) bond motifs is 2. The van der Waals surface area contributed by atoms with Crippen molar-refractivity contribution in [3.8, 4) is 0 Å². The molecule has 0 spiro atoms. The molecule has 0 saturated heterocycles. The minimum atomic E-state index is -0.710. The highest BCUT2D eigenvalue weighted by Crippen LogP contribution is 2.50. The predicted octanol–water partition coefficient (Wildman–Crippen LogP) is 1.69. The molecule has 2 rings (SSSR count). The number of carboxylic acids is 1. The topological polar surface area (TPSA) is 63.6 Å². The smallest absolute Gasteiger partial charge is 0.308 e. The lowest BCUT2D eigenvalue weighted by atomic mass is 9.72. The van der Waals surface area contributed by atoms with Crippen molar-refractivity contribution in [1.29, 1.82) is 0 Å². The summed E-state index contributed by atoms with van der Waals surface area (Å²) >= 11 is 0. The first-order valence-electron chi connectivity index (χ1n) is 5.91. The molecule has 2 aliphatic carbocycles. The number of hydrogen-bond donors (Lipinski definition) is 1. The second-order valence-electron chi connectivity index (χ2n) is 5.05. The maximum absolute atomic E-state index is 11.5.